The molecule has 0 aromatic heterocycles. The molecule has 0 atom stereocenters. The SMILES string of the molecule is CC(C)S(=O)(=O)Nc1ccc(S(=O)(=O)NC2CC(c3ccc(Cl)cc3)C2)cc1F. The number of sulfonamides is 2. The molecular formula is C19H22ClFN2O4S2. The van der Waals surface area contributed by atoms with Crippen molar-refractivity contribution in [2.75, 3.05) is 4.72 Å². The van der Waals surface area contributed by atoms with Gasteiger partial charge in [0.1, 0.15) is 5.82 Å². The van der Waals surface area contributed by atoms with E-state index in [0.717, 1.165) is 17.7 Å². The van der Waals surface area contributed by atoms with Crippen molar-refractivity contribution in [3.8, 4) is 0 Å². The van der Waals surface area contributed by atoms with Crippen molar-refractivity contribution in [2.45, 2.75) is 48.8 Å². The summed E-state index contributed by atoms with van der Waals surface area (Å²) >= 11 is 5.88. The zero-order valence-electron chi connectivity index (χ0n) is 15.9. The van der Waals surface area contributed by atoms with Crippen LogP contribution in [0.3, 0.4) is 0 Å². The predicted octanol–water partition coefficient (Wildman–Crippen LogP) is 3.85. The monoisotopic (exact) mass is 460 g/mol. The first-order valence-corrected chi connectivity index (χ1v) is 12.5. The maximum atomic E-state index is 14.3. The van der Waals surface area contributed by atoms with Gasteiger partial charge in [0.25, 0.3) is 0 Å². The van der Waals surface area contributed by atoms with Gasteiger partial charge in [0.05, 0.1) is 15.8 Å². The van der Waals surface area contributed by atoms with Gasteiger partial charge in [-0.15, -0.1) is 0 Å². The van der Waals surface area contributed by atoms with Crippen molar-refractivity contribution in [2.24, 2.45) is 0 Å². The molecule has 10 heteroatoms. The second kappa shape index (κ2) is 8.22. The van der Waals surface area contributed by atoms with E-state index in [2.05, 4.69) is 9.44 Å². The molecule has 6 nitrogen and oxygen atoms in total. The highest BCUT2D eigenvalue weighted by atomic mass is 35.5. The number of nitrogens with one attached hydrogen (secondary N) is 2. The van der Waals surface area contributed by atoms with Crippen LogP contribution >= 0.6 is 11.6 Å². The van der Waals surface area contributed by atoms with E-state index in [1.807, 2.05) is 12.1 Å². The van der Waals surface area contributed by atoms with Gasteiger partial charge in [0, 0.05) is 11.1 Å². The summed E-state index contributed by atoms with van der Waals surface area (Å²) < 4.78 is 67.8. The summed E-state index contributed by atoms with van der Waals surface area (Å²) in [6.45, 7) is 2.91. The Labute approximate surface area is 175 Å². The van der Waals surface area contributed by atoms with Crippen LogP contribution in [0.25, 0.3) is 0 Å². The number of hydrogen-bond acceptors (Lipinski definition) is 4. The Kier molecular flexibility index (Phi) is 6.24. The fourth-order valence-electron chi connectivity index (χ4n) is 3.03. The predicted molar refractivity (Wildman–Crippen MR) is 112 cm³/mol. The zero-order valence-corrected chi connectivity index (χ0v) is 18.3. The minimum absolute atomic E-state index is 0.240. The normalized spacial score (nSPS) is 19.8. The van der Waals surface area contributed by atoms with Gasteiger partial charge < -0.3 is 0 Å². The second-order valence-electron chi connectivity index (χ2n) is 7.38. The van der Waals surface area contributed by atoms with E-state index < -0.39 is 31.1 Å². The van der Waals surface area contributed by atoms with Crippen LogP contribution in [0.4, 0.5) is 10.1 Å². The molecule has 0 amide bonds. The summed E-state index contributed by atoms with van der Waals surface area (Å²) in [5.41, 5.74) is 0.807. The molecule has 0 spiro atoms. The molecule has 0 saturated heterocycles. The van der Waals surface area contributed by atoms with Gasteiger partial charge in [0.2, 0.25) is 20.0 Å². The van der Waals surface area contributed by atoms with E-state index >= 15 is 0 Å². The Morgan fingerprint density at radius 3 is 2.21 bits per heavy atom. The summed E-state index contributed by atoms with van der Waals surface area (Å²) in [5.74, 6) is -0.714. The molecule has 29 heavy (non-hydrogen) atoms. The molecule has 1 aliphatic carbocycles. The first kappa shape index (κ1) is 22.0. The maximum Gasteiger partial charge on any atom is 0.240 e. The lowest BCUT2D eigenvalue weighted by Crippen LogP contribution is -2.43. The summed E-state index contributed by atoms with van der Waals surface area (Å²) in [6, 6.07) is 10.3. The van der Waals surface area contributed by atoms with Crippen molar-refractivity contribution < 1.29 is 21.2 Å². The minimum Gasteiger partial charge on any atom is -0.280 e. The van der Waals surface area contributed by atoms with Crippen LogP contribution in [-0.4, -0.2) is 28.1 Å². The molecule has 0 aliphatic heterocycles. The maximum absolute atomic E-state index is 14.3. The second-order valence-corrected chi connectivity index (χ2v) is 11.8. The molecule has 2 aromatic rings. The average molecular weight is 461 g/mol. The average Bonchev–Trinajstić information content (AvgIpc) is 2.60. The fraction of sp³-hybridized carbons (Fsp3) is 0.368. The lowest BCUT2D eigenvalue weighted by Gasteiger charge is -2.36. The summed E-state index contributed by atoms with van der Waals surface area (Å²) in [5, 5.41) is -0.106. The number of halogens is 2. The van der Waals surface area contributed by atoms with Crippen molar-refractivity contribution in [1.29, 1.82) is 0 Å². The van der Waals surface area contributed by atoms with Crippen LogP contribution in [0.1, 0.15) is 38.2 Å². The standard InChI is InChI=1S/C19H22ClFN2O4S2/c1-12(2)28(24,25)23-19-8-7-17(11-18(19)21)29(26,27)22-16-9-14(10-16)13-3-5-15(20)6-4-13/h3-8,11-12,14,16,22-23H,9-10H2,1-2H3. The first-order valence-electron chi connectivity index (χ1n) is 9.07. The molecule has 0 unspecified atom stereocenters. The number of rotatable bonds is 7. The van der Waals surface area contributed by atoms with Gasteiger partial charge in [-0.2, -0.15) is 0 Å². The van der Waals surface area contributed by atoms with Crippen molar-refractivity contribution in [3.05, 3.63) is 58.9 Å². The number of hydrogen-bond donors (Lipinski definition) is 2. The summed E-state index contributed by atoms with van der Waals surface area (Å²) in [4.78, 5) is -0.252. The number of anilines is 1. The van der Waals surface area contributed by atoms with Gasteiger partial charge >= 0.3 is 0 Å². The zero-order chi connectivity index (χ0) is 21.4. The first-order chi connectivity index (χ1) is 13.5. The van der Waals surface area contributed by atoms with E-state index in [4.69, 9.17) is 11.6 Å². The molecule has 158 valence electrons. The van der Waals surface area contributed by atoms with Crippen molar-refractivity contribution in [3.63, 3.8) is 0 Å². The molecule has 0 radical (unpaired) electrons. The van der Waals surface area contributed by atoms with E-state index in [-0.39, 0.29) is 22.5 Å². The molecule has 2 aromatic carbocycles. The highest BCUT2D eigenvalue weighted by molar-refractivity contribution is 7.93. The van der Waals surface area contributed by atoms with Crippen LogP contribution in [0.15, 0.2) is 47.4 Å². The Hall–Kier alpha value is -1.68. The smallest absolute Gasteiger partial charge is 0.240 e. The van der Waals surface area contributed by atoms with E-state index in [1.165, 1.54) is 19.9 Å². The quantitative estimate of drug-likeness (QED) is 0.656. The van der Waals surface area contributed by atoms with Crippen LogP contribution in [-0.2, 0) is 20.0 Å². The van der Waals surface area contributed by atoms with Crippen molar-refractivity contribution >= 4 is 37.3 Å². The Bertz CT molecular complexity index is 1100. The van der Waals surface area contributed by atoms with Crippen LogP contribution in [0.2, 0.25) is 5.02 Å². The van der Waals surface area contributed by atoms with Gasteiger partial charge in [0.15, 0.2) is 0 Å². The van der Waals surface area contributed by atoms with E-state index in [1.54, 1.807) is 12.1 Å². The fourth-order valence-corrected chi connectivity index (χ4v) is 5.13. The van der Waals surface area contributed by atoms with Crippen molar-refractivity contribution in [1.82, 2.24) is 4.72 Å². The Morgan fingerprint density at radius 2 is 1.66 bits per heavy atom. The van der Waals surface area contributed by atoms with Crippen LogP contribution in [0, 0.1) is 5.82 Å². The third-order valence-corrected chi connectivity index (χ3v) is 8.44. The van der Waals surface area contributed by atoms with Gasteiger partial charge in [-0.1, -0.05) is 23.7 Å². The molecular weight excluding hydrogens is 439 g/mol. The molecule has 1 fully saturated rings. The highest BCUT2D eigenvalue weighted by Gasteiger charge is 2.33. The number of benzene rings is 2. The third-order valence-electron chi connectivity index (χ3n) is 4.92. The Balaban J connectivity index is 1.66. The summed E-state index contributed by atoms with van der Waals surface area (Å²) in [7, 11) is -7.65. The van der Waals surface area contributed by atoms with Crippen LogP contribution in [0.5, 0.6) is 0 Å². The van der Waals surface area contributed by atoms with Gasteiger partial charge in [-0.25, -0.2) is 25.9 Å². The molecule has 2 N–H and O–H groups in total. The lowest BCUT2D eigenvalue weighted by molar-refractivity contribution is 0.326. The Morgan fingerprint density at radius 1 is 1.03 bits per heavy atom. The molecule has 0 heterocycles. The van der Waals surface area contributed by atoms with E-state index in [9.17, 15) is 21.2 Å². The summed E-state index contributed by atoms with van der Waals surface area (Å²) in [6.07, 6.45) is 1.27. The third kappa shape index (κ3) is 5.09. The largest absolute Gasteiger partial charge is 0.280 e. The van der Waals surface area contributed by atoms with Gasteiger partial charge in [-0.05, 0) is 68.5 Å². The molecule has 1 saturated carbocycles. The topological polar surface area (TPSA) is 92.3 Å². The van der Waals surface area contributed by atoms with Gasteiger partial charge in [-0.3, -0.25) is 4.72 Å². The minimum atomic E-state index is -3.92. The van der Waals surface area contributed by atoms with E-state index in [0.29, 0.717) is 17.9 Å². The van der Waals surface area contributed by atoms with Crippen LogP contribution < -0.4 is 9.44 Å². The highest BCUT2D eigenvalue weighted by Crippen LogP contribution is 2.38. The molecule has 3 rings (SSSR count). The molecule has 1 aliphatic rings. The lowest BCUT2D eigenvalue weighted by atomic mass is 9.76. The molecule has 0 bridgehead atoms.